The van der Waals surface area contributed by atoms with E-state index < -0.39 is 0 Å². The first-order chi connectivity index (χ1) is 17.1. The molecule has 1 amide bonds. The molecule has 0 bridgehead atoms. The molecule has 1 atom stereocenters. The summed E-state index contributed by atoms with van der Waals surface area (Å²) in [6.45, 7) is 6.76. The van der Waals surface area contributed by atoms with Crippen LogP contribution in [0.1, 0.15) is 32.3 Å². The lowest BCUT2D eigenvalue weighted by Crippen LogP contribution is -2.43. The molecule has 0 aliphatic carbocycles. The van der Waals surface area contributed by atoms with Crippen LogP contribution in [0.25, 0.3) is 11.1 Å². The molecule has 1 aliphatic heterocycles. The average Bonchev–Trinajstić information content (AvgIpc) is 2.89. The van der Waals surface area contributed by atoms with Crippen molar-refractivity contribution in [2.75, 3.05) is 31.2 Å². The van der Waals surface area contributed by atoms with Crippen LogP contribution in [0.4, 0.5) is 10.3 Å². The number of aromatic nitrogens is 2. The van der Waals surface area contributed by atoms with Gasteiger partial charge in [-0.3, -0.25) is 4.79 Å². The number of carbonyl (C=O) groups is 1. The molecule has 8 heteroatoms. The van der Waals surface area contributed by atoms with Gasteiger partial charge in [0.05, 0.1) is 19.1 Å². The van der Waals surface area contributed by atoms with Gasteiger partial charge >= 0.3 is 0 Å². The molecule has 4 rings (SSSR count). The van der Waals surface area contributed by atoms with Crippen LogP contribution in [0.15, 0.2) is 54.9 Å². The van der Waals surface area contributed by atoms with E-state index in [4.69, 9.17) is 9.47 Å². The van der Waals surface area contributed by atoms with Crippen LogP contribution >= 0.6 is 0 Å². The van der Waals surface area contributed by atoms with E-state index in [-0.39, 0.29) is 17.6 Å². The van der Waals surface area contributed by atoms with Gasteiger partial charge in [-0.1, -0.05) is 18.2 Å². The lowest BCUT2D eigenvalue weighted by atomic mass is 9.97. The molecule has 1 fully saturated rings. The molecule has 0 saturated carbocycles. The van der Waals surface area contributed by atoms with Gasteiger partial charge in [0.1, 0.15) is 5.82 Å². The molecule has 7 nitrogen and oxygen atoms in total. The topological polar surface area (TPSA) is 76.6 Å². The highest BCUT2D eigenvalue weighted by atomic mass is 19.1. The summed E-state index contributed by atoms with van der Waals surface area (Å²) in [5.41, 5.74) is 2.63. The number of ether oxygens (including phenoxy) is 2. The molecule has 0 unspecified atom stereocenters. The summed E-state index contributed by atoms with van der Waals surface area (Å²) < 4.78 is 24.5. The van der Waals surface area contributed by atoms with E-state index in [1.807, 2.05) is 36.9 Å². The Morgan fingerprint density at radius 3 is 2.46 bits per heavy atom. The van der Waals surface area contributed by atoms with Crippen molar-refractivity contribution >= 4 is 11.9 Å². The summed E-state index contributed by atoms with van der Waals surface area (Å²) in [5, 5.41) is 3.06. The molecule has 2 heterocycles. The Kier molecular flexibility index (Phi) is 8.13. The van der Waals surface area contributed by atoms with E-state index >= 15 is 0 Å². The van der Waals surface area contributed by atoms with Crippen molar-refractivity contribution in [1.29, 1.82) is 0 Å². The van der Waals surface area contributed by atoms with Crippen molar-refractivity contribution in [2.24, 2.45) is 5.92 Å². The smallest absolute Gasteiger partial charge is 0.225 e. The first-order valence-electron chi connectivity index (χ1n) is 12.1. The van der Waals surface area contributed by atoms with Gasteiger partial charge < -0.3 is 19.7 Å². The van der Waals surface area contributed by atoms with Gasteiger partial charge in [-0.15, -0.1) is 0 Å². The summed E-state index contributed by atoms with van der Waals surface area (Å²) in [4.78, 5) is 24.0. The molecule has 184 valence electrons. The van der Waals surface area contributed by atoms with E-state index in [2.05, 4.69) is 15.3 Å². The number of nitrogens with zero attached hydrogens (tertiary/aromatic N) is 3. The third-order valence-electron chi connectivity index (χ3n) is 5.97. The number of nitrogens with one attached hydrogen (secondary N) is 1. The molecule has 1 aromatic heterocycles. The van der Waals surface area contributed by atoms with E-state index in [1.165, 1.54) is 12.1 Å². The van der Waals surface area contributed by atoms with E-state index in [1.54, 1.807) is 24.5 Å². The Balaban J connectivity index is 1.35. The standard InChI is InChI=1S/C27H31FN4O3/c1-3-34-24-12-7-19(14-25(24)35-4-2)15-29-26(33)21-6-5-13-32(18-21)27-30-16-22(17-31-27)20-8-10-23(28)11-9-20/h7-12,14,16-17,21H,3-6,13,15,18H2,1-2H3,(H,29,33)/t21-/m1/s1. The van der Waals surface area contributed by atoms with Gasteiger partial charge in [0, 0.05) is 37.6 Å². The summed E-state index contributed by atoms with van der Waals surface area (Å²) in [6.07, 6.45) is 5.18. The number of amides is 1. The summed E-state index contributed by atoms with van der Waals surface area (Å²) in [6, 6.07) is 12.0. The van der Waals surface area contributed by atoms with E-state index in [0.29, 0.717) is 43.8 Å². The highest BCUT2D eigenvalue weighted by molar-refractivity contribution is 5.79. The maximum Gasteiger partial charge on any atom is 0.225 e. The molecular formula is C27H31FN4O3. The Morgan fingerprint density at radius 2 is 1.74 bits per heavy atom. The number of rotatable bonds is 9. The number of halogens is 1. The second-order valence-corrected chi connectivity index (χ2v) is 8.43. The van der Waals surface area contributed by atoms with Crippen LogP contribution in [0.2, 0.25) is 0 Å². The number of piperidine rings is 1. The largest absolute Gasteiger partial charge is 0.490 e. The van der Waals surface area contributed by atoms with Crippen molar-refractivity contribution in [1.82, 2.24) is 15.3 Å². The van der Waals surface area contributed by atoms with E-state index in [0.717, 1.165) is 36.1 Å². The summed E-state index contributed by atoms with van der Waals surface area (Å²) in [5.74, 6) is 1.59. The number of anilines is 1. The van der Waals surface area contributed by atoms with Gasteiger partial charge in [0.15, 0.2) is 11.5 Å². The van der Waals surface area contributed by atoms with E-state index in [9.17, 15) is 9.18 Å². The Morgan fingerprint density at radius 1 is 1.03 bits per heavy atom. The molecule has 1 aliphatic rings. The summed E-state index contributed by atoms with van der Waals surface area (Å²) in [7, 11) is 0. The molecule has 0 radical (unpaired) electrons. The summed E-state index contributed by atoms with van der Waals surface area (Å²) >= 11 is 0. The van der Waals surface area contributed by atoms with Crippen LogP contribution in [-0.2, 0) is 11.3 Å². The second-order valence-electron chi connectivity index (χ2n) is 8.43. The molecule has 1 saturated heterocycles. The van der Waals surface area contributed by atoms with Crippen LogP contribution in [-0.4, -0.2) is 42.2 Å². The lowest BCUT2D eigenvalue weighted by Gasteiger charge is -2.32. The maximum absolute atomic E-state index is 13.2. The van der Waals surface area contributed by atoms with Gasteiger partial charge in [-0.05, 0) is 62.1 Å². The Bertz CT molecular complexity index is 1120. The first kappa shape index (κ1) is 24.4. The van der Waals surface area contributed by atoms with Gasteiger partial charge in [-0.2, -0.15) is 0 Å². The molecule has 0 spiro atoms. The number of benzene rings is 2. The third-order valence-corrected chi connectivity index (χ3v) is 5.97. The van der Waals surface area contributed by atoms with Gasteiger partial charge in [0.2, 0.25) is 11.9 Å². The number of hydrogen-bond donors (Lipinski definition) is 1. The minimum Gasteiger partial charge on any atom is -0.490 e. The third kappa shape index (κ3) is 6.26. The highest BCUT2D eigenvalue weighted by Crippen LogP contribution is 2.29. The molecular weight excluding hydrogens is 447 g/mol. The Hall–Kier alpha value is -3.68. The minimum absolute atomic E-state index is 0.0180. The van der Waals surface area contributed by atoms with Crippen LogP contribution < -0.4 is 19.7 Å². The number of carbonyl (C=O) groups excluding carboxylic acids is 1. The van der Waals surface area contributed by atoms with Crippen molar-refractivity contribution < 1.29 is 18.7 Å². The molecule has 35 heavy (non-hydrogen) atoms. The molecule has 2 aromatic carbocycles. The molecule has 1 N–H and O–H groups in total. The predicted molar refractivity (Wildman–Crippen MR) is 133 cm³/mol. The normalized spacial score (nSPS) is 15.5. The van der Waals surface area contributed by atoms with Crippen LogP contribution in [0.5, 0.6) is 11.5 Å². The fourth-order valence-corrected chi connectivity index (χ4v) is 4.19. The maximum atomic E-state index is 13.2. The zero-order valence-corrected chi connectivity index (χ0v) is 20.2. The number of hydrogen-bond acceptors (Lipinski definition) is 6. The quantitative estimate of drug-likeness (QED) is 0.484. The second kappa shape index (κ2) is 11.6. The highest BCUT2D eigenvalue weighted by Gasteiger charge is 2.27. The fraction of sp³-hybridized carbons (Fsp3) is 0.370. The first-order valence-corrected chi connectivity index (χ1v) is 12.1. The SMILES string of the molecule is CCOc1ccc(CNC(=O)[C@@H]2CCCN(c3ncc(-c4ccc(F)cc4)cn3)C2)cc1OCC. The van der Waals surface area contributed by atoms with Crippen LogP contribution in [0, 0.1) is 11.7 Å². The lowest BCUT2D eigenvalue weighted by molar-refractivity contribution is -0.125. The van der Waals surface area contributed by atoms with Crippen molar-refractivity contribution in [3.63, 3.8) is 0 Å². The average molecular weight is 479 g/mol. The fourth-order valence-electron chi connectivity index (χ4n) is 4.19. The zero-order valence-electron chi connectivity index (χ0n) is 20.2. The van der Waals surface area contributed by atoms with Gasteiger partial charge in [0.25, 0.3) is 0 Å². The van der Waals surface area contributed by atoms with Crippen molar-refractivity contribution in [2.45, 2.75) is 33.2 Å². The van der Waals surface area contributed by atoms with Crippen molar-refractivity contribution in [3.05, 3.63) is 66.2 Å². The predicted octanol–water partition coefficient (Wildman–Crippen LogP) is 4.61. The van der Waals surface area contributed by atoms with Crippen molar-refractivity contribution in [3.8, 4) is 22.6 Å². The van der Waals surface area contributed by atoms with Gasteiger partial charge in [-0.25, -0.2) is 14.4 Å². The Labute approximate surface area is 205 Å². The molecule has 3 aromatic rings. The van der Waals surface area contributed by atoms with Crippen LogP contribution in [0.3, 0.4) is 0 Å². The minimum atomic E-state index is -0.277. The monoisotopic (exact) mass is 478 g/mol. The zero-order chi connectivity index (χ0) is 24.6.